The van der Waals surface area contributed by atoms with Crippen LogP contribution in [-0.2, 0) is 19.6 Å². The molecule has 0 amide bonds. The van der Waals surface area contributed by atoms with E-state index in [1.807, 2.05) is 60.1 Å². The minimum atomic E-state index is 0.476. The Balaban J connectivity index is 1.81. The lowest BCUT2D eigenvalue weighted by Gasteiger charge is -2.17. The van der Waals surface area contributed by atoms with Gasteiger partial charge in [0, 0.05) is 12.0 Å². The number of rotatable bonds is 10. The SMILES string of the molecule is CCCc1n[nH]c(=S)n1NCc1cccc(OCC)c1OCc1ccccc1. The summed E-state index contributed by atoms with van der Waals surface area (Å²) >= 11 is 5.34. The van der Waals surface area contributed by atoms with Crippen molar-refractivity contribution in [2.45, 2.75) is 39.8 Å². The molecule has 0 aliphatic heterocycles. The normalized spacial score (nSPS) is 10.6. The van der Waals surface area contributed by atoms with E-state index in [1.54, 1.807) is 0 Å². The van der Waals surface area contributed by atoms with Crippen LogP contribution in [0.3, 0.4) is 0 Å². The molecule has 0 radical (unpaired) electrons. The highest BCUT2D eigenvalue weighted by atomic mass is 32.1. The van der Waals surface area contributed by atoms with Crippen LogP contribution in [0.4, 0.5) is 0 Å². The van der Waals surface area contributed by atoms with Crippen molar-refractivity contribution in [2.24, 2.45) is 0 Å². The van der Waals surface area contributed by atoms with E-state index in [4.69, 9.17) is 21.7 Å². The summed E-state index contributed by atoms with van der Waals surface area (Å²) in [4.78, 5) is 0. The average molecular weight is 399 g/mol. The van der Waals surface area contributed by atoms with Crippen molar-refractivity contribution >= 4 is 12.2 Å². The molecule has 0 spiro atoms. The monoisotopic (exact) mass is 398 g/mol. The van der Waals surface area contributed by atoms with Crippen LogP contribution in [0.5, 0.6) is 11.5 Å². The maximum atomic E-state index is 6.16. The zero-order valence-corrected chi connectivity index (χ0v) is 17.1. The molecule has 7 heteroatoms. The standard InChI is InChI=1S/C21H26N4O2S/c1-3-9-19-23-24-21(28)25(19)22-14-17-12-8-13-18(26-4-2)20(17)27-15-16-10-6-5-7-11-16/h5-8,10-13,22H,3-4,9,14-15H2,1-2H3,(H,24,28). The van der Waals surface area contributed by atoms with Gasteiger partial charge >= 0.3 is 0 Å². The van der Waals surface area contributed by atoms with Crippen molar-refractivity contribution < 1.29 is 9.47 Å². The third kappa shape index (κ3) is 4.92. The molecule has 0 aliphatic carbocycles. The Kier molecular flexibility index (Phi) is 7.08. The lowest BCUT2D eigenvalue weighted by molar-refractivity contribution is 0.267. The van der Waals surface area contributed by atoms with E-state index in [2.05, 4.69) is 22.5 Å². The van der Waals surface area contributed by atoms with Gasteiger partial charge in [0.1, 0.15) is 6.61 Å². The molecule has 3 rings (SSSR count). The first kappa shape index (κ1) is 19.9. The molecular weight excluding hydrogens is 372 g/mol. The summed E-state index contributed by atoms with van der Waals surface area (Å²) in [7, 11) is 0. The van der Waals surface area contributed by atoms with Crippen molar-refractivity contribution in [1.82, 2.24) is 14.9 Å². The first-order chi connectivity index (χ1) is 13.7. The first-order valence-corrected chi connectivity index (χ1v) is 9.95. The van der Waals surface area contributed by atoms with Gasteiger partial charge in [-0.1, -0.05) is 49.4 Å². The van der Waals surface area contributed by atoms with Crippen LogP contribution in [0.1, 0.15) is 37.2 Å². The average Bonchev–Trinajstić information content (AvgIpc) is 3.06. The minimum absolute atomic E-state index is 0.476. The third-order valence-corrected chi connectivity index (χ3v) is 4.50. The second kappa shape index (κ2) is 9.94. The number of aromatic amines is 1. The third-order valence-electron chi connectivity index (χ3n) is 4.23. The Hall–Kier alpha value is -2.80. The van der Waals surface area contributed by atoms with Crippen molar-refractivity contribution in [3.63, 3.8) is 0 Å². The molecule has 1 heterocycles. The Morgan fingerprint density at radius 1 is 1.07 bits per heavy atom. The van der Waals surface area contributed by atoms with Gasteiger partial charge in [-0.2, -0.15) is 5.10 Å². The quantitative estimate of drug-likeness (QED) is 0.488. The molecule has 0 unspecified atom stereocenters. The number of ether oxygens (including phenoxy) is 2. The second-order valence-electron chi connectivity index (χ2n) is 6.32. The molecule has 0 saturated heterocycles. The van der Waals surface area contributed by atoms with E-state index in [0.29, 0.717) is 24.5 Å². The van der Waals surface area contributed by atoms with Crippen LogP contribution in [0.2, 0.25) is 0 Å². The van der Waals surface area contributed by atoms with E-state index < -0.39 is 0 Å². The van der Waals surface area contributed by atoms with Crippen molar-refractivity contribution in [3.05, 3.63) is 70.3 Å². The fourth-order valence-corrected chi connectivity index (χ4v) is 3.13. The van der Waals surface area contributed by atoms with Crippen molar-refractivity contribution in [3.8, 4) is 11.5 Å². The van der Waals surface area contributed by atoms with Crippen LogP contribution >= 0.6 is 12.2 Å². The van der Waals surface area contributed by atoms with Crippen LogP contribution < -0.4 is 14.9 Å². The number of nitrogens with zero attached hydrogens (tertiary/aromatic N) is 2. The highest BCUT2D eigenvalue weighted by Crippen LogP contribution is 2.32. The van der Waals surface area contributed by atoms with Gasteiger partial charge in [-0.05, 0) is 37.2 Å². The number of para-hydroxylation sites is 1. The van der Waals surface area contributed by atoms with Gasteiger partial charge < -0.3 is 14.9 Å². The summed E-state index contributed by atoms with van der Waals surface area (Å²) in [5.41, 5.74) is 5.45. The zero-order valence-electron chi connectivity index (χ0n) is 16.3. The Morgan fingerprint density at radius 3 is 2.64 bits per heavy atom. The predicted molar refractivity (Wildman–Crippen MR) is 113 cm³/mol. The van der Waals surface area contributed by atoms with Crippen LogP contribution in [0, 0.1) is 4.77 Å². The first-order valence-electron chi connectivity index (χ1n) is 9.54. The number of aryl methyl sites for hydroxylation is 1. The zero-order chi connectivity index (χ0) is 19.8. The van der Waals surface area contributed by atoms with Gasteiger partial charge in [-0.15, -0.1) is 0 Å². The van der Waals surface area contributed by atoms with E-state index in [-0.39, 0.29) is 0 Å². The van der Waals surface area contributed by atoms with Gasteiger partial charge in [-0.3, -0.25) is 5.10 Å². The van der Waals surface area contributed by atoms with E-state index in [1.165, 1.54) is 0 Å². The summed E-state index contributed by atoms with van der Waals surface area (Å²) < 4.78 is 14.3. The molecular formula is C21H26N4O2S. The largest absolute Gasteiger partial charge is 0.490 e. The van der Waals surface area contributed by atoms with Crippen LogP contribution in [0.15, 0.2) is 48.5 Å². The smallest absolute Gasteiger partial charge is 0.214 e. The minimum Gasteiger partial charge on any atom is -0.490 e. The summed E-state index contributed by atoms with van der Waals surface area (Å²) in [6.07, 6.45) is 1.84. The molecule has 0 atom stereocenters. The number of hydrogen-bond acceptors (Lipinski definition) is 5. The van der Waals surface area contributed by atoms with Crippen molar-refractivity contribution in [2.75, 3.05) is 12.0 Å². The Labute approximate surface area is 170 Å². The van der Waals surface area contributed by atoms with E-state index in [9.17, 15) is 0 Å². The second-order valence-corrected chi connectivity index (χ2v) is 6.70. The lowest BCUT2D eigenvalue weighted by atomic mass is 10.2. The van der Waals surface area contributed by atoms with Gasteiger partial charge in [-0.25, -0.2) is 4.68 Å². The molecule has 3 aromatic rings. The number of nitrogens with one attached hydrogen (secondary N) is 2. The maximum Gasteiger partial charge on any atom is 0.214 e. The topological polar surface area (TPSA) is 64.1 Å². The highest BCUT2D eigenvalue weighted by Gasteiger charge is 2.13. The van der Waals surface area contributed by atoms with E-state index in [0.717, 1.165) is 41.3 Å². The summed E-state index contributed by atoms with van der Waals surface area (Å²) in [5.74, 6) is 2.37. The van der Waals surface area contributed by atoms with Gasteiger partial charge in [0.25, 0.3) is 0 Å². The molecule has 148 valence electrons. The molecule has 2 aromatic carbocycles. The summed E-state index contributed by atoms with van der Waals surface area (Å²) in [5, 5.41) is 7.14. The molecule has 28 heavy (non-hydrogen) atoms. The van der Waals surface area contributed by atoms with Gasteiger partial charge in [0.2, 0.25) is 4.77 Å². The van der Waals surface area contributed by atoms with Crippen LogP contribution in [-0.4, -0.2) is 21.5 Å². The number of aromatic nitrogens is 3. The van der Waals surface area contributed by atoms with Crippen molar-refractivity contribution in [1.29, 1.82) is 0 Å². The lowest BCUT2D eigenvalue weighted by Crippen LogP contribution is -2.18. The fourth-order valence-electron chi connectivity index (χ4n) is 2.91. The summed E-state index contributed by atoms with van der Waals surface area (Å²) in [6, 6.07) is 16.0. The summed E-state index contributed by atoms with van der Waals surface area (Å²) in [6.45, 7) is 5.67. The molecule has 0 bridgehead atoms. The fraction of sp³-hybridized carbons (Fsp3) is 0.333. The molecule has 0 aliphatic rings. The number of hydrogen-bond donors (Lipinski definition) is 2. The van der Waals surface area contributed by atoms with E-state index >= 15 is 0 Å². The van der Waals surface area contributed by atoms with Gasteiger partial charge in [0.15, 0.2) is 17.3 Å². The molecule has 0 fully saturated rings. The highest BCUT2D eigenvalue weighted by molar-refractivity contribution is 7.71. The maximum absolute atomic E-state index is 6.16. The molecule has 2 N–H and O–H groups in total. The number of H-pyrrole nitrogens is 1. The number of benzene rings is 2. The van der Waals surface area contributed by atoms with Crippen LogP contribution in [0.25, 0.3) is 0 Å². The molecule has 1 aromatic heterocycles. The molecule has 6 nitrogen and oxygen atoms in total. The Morgan fingerprint density at radius 2 is 1.89 bits per heavy atom. The molecule has 0 saturated carbocycles. The van der Waals surface area contributed by atoms with Gasteiger partial charge in [0.05, 0.1) is 13.2 Å². The predicted octanol–water partition coefficient (Wildman–Crippen LogP) is 4.61. The Bertz CT molecular complexity index is 937.